The zero-order valence-electron chi connectivity index (χ0n) is 11.8. The van der Waals surface area contributed by atoms with Crippen LogP contribution in [0, 0.1) is 17.8 Å². The summed E-state index contributed by atoms with van der Waals surface area (Å²) in [6, 6.07) is 0.205. The number of nitrogens with one attached hydrogen (secondary N) is 1. The maximum Gasteiger partial charge on any atom is 0.229 e. The molecule has 0 spiro atoms. The van der Waals surface area contributed by atoms with Gasteiger partial charge in [0.2, 0.25) is 5.91 Å². The van der Waals surface area contributed by atoms with E-state index in [4.69, 9.17) is 4.74 Å². The van der Waals surface area contributed by atoms with Gasteiger partial charge in [-0.05, 0) is 31.2 Å². The first kappa shape index (κ1) is 13.8. The highest BCUT2D eigenvalue weighted by Crippen LogP contribution is 2.38. The van der Waals surface area contributed by atoms with Crippen molar-refractivity contribution in [2.24, 2.45) is 17.8 Å². The number of hydrogen-bond donors (Lipinski definition) is 1. The minimum atomic E-state index is 0.00982. The molecule has 1 amide bonds. The highest BCUT2D eigenvalue weighted by Gasteiger charge is 2.38. The van der Waals surface area contributed by atoms with Crippen LogP contribution in [0.15, 0.2) is 0 Å². The second kappa shape index (κ2) is 6.02. The minimum absolute atomic E-state index is 0.00982. The van der Waals surface area contributed by atoms with Gasteiger partial charge in [0.1, 0.15) is 0 Å². The number of amides is 1. The Morgan fingerprint density at radius 1 is 1.44 bits per heavy atom. The van der Waals surface area contributed by atoms with E-state index < -0.39 is 0 Å². The SMILES string of the molecule is CCCNC1COCC1C(=O)N(C)CC1CC1C. The van der Waals surface area contributed by atoms with Gasteiger partial charge < -0.3 is 15.0 Å². The monoisotopic (exact) mass is 254 g/mol. The van der Waals surface area contributed by atoms with Crippen molar-refractivity contribution >= 4 is 5.91 Å². The maximum absolute atomic E-state index is 12.4. The molecule has 1 saturated heterocycles. The van der Waals surface area contributed by atoms with Crippen molar-refractivity contribution in [3.8, 4) is 0 Å². The van der Waals surface area contributed by atoms with Crippen LogP contribution in [0.2, 0.25) is 0 Å². The van der Waals surface area contributed by atoms with Crippen LogP contribution in [0.5, 0.6) is 0 Å². The summed E-state index contributed by atoms with van der Waals surface area (Å²) >= 11 is 0. The lowest BCUT2D eigenvalue weighted by molar-refractivity contribution is -0.134. The van der Waals surface area contributed by atoms with Gasteiger partial charge in [-0.2, -0.15) is 0 Å². The molecule has 0 radical (unpaired) electrons. The molecule has 0 aromatic carbocycles. The molecule has 1 N–H and O–H groups in total. The molecule has 1 saturated carbocycles. The summed E-state index contributed by atoms with van der Waals surface area (Å²) in [6.45, 7) is 7.51. The summed E-state index contributed by atoms with van der Waals surface area (Å²) in [4.78, 5) is 14.3. The number of rotatable bonds is 6. The Bertz CT molecular complexity index is 296. The molecule has 0 aromatic rings. The molecule has 1 heterocycles. The van der Waals surface area contributed by atoms with Crippen molar-refractivity contribution in [3.05, 3.63) is 0 Å². The van der Waals surface area contributed by atoms with Crippen LogP contribution >= 0.6 is 0 Å². The highest BCUT2D eigenvalue weighted by atomic mass is 16.5. The fourth-order valence-electron chi connectivity index (χ4n) is 2.71. The Morgan fingerprint density at radius 3 is 2.78 bits per heavy atom. The van der Waals surface area contributed by atoms with E-state index in [0.29, 0.717) is 13.2 Å². The van der Waals surface area contributed by atoms with E-state index in [2.05, 4.69) is 19.2 Å². The smallest absolute Gasteiger partial charge is 0.229 e. The van der Waals surface area contributed by atoms with Crippen molar-refractivity contribution in [2.45, 2.75) is 32.7 Å². The lowest BCUT2D eigenvalue weighted by Crippen LogP contribution is -2.45. The van der Waals surface area contributed by atoms with Gasteiger partial charge in [0, 0.05) is 19.6 Å². The third-order valence-corrected chi connectivity index (χ3v) is 4.21. The van der Waals surface area contributed by atoms with Crippen molar-refractivity contribution < 1.29 is 9.53 Å². The molecule has 2 rings (SSSR count). The molecule has 104 valence electrons. The van der Waals surface area contributed by atoms with E-state index in [1.54, 1.807) is 0 Å². The van der Waals surface area contributed by atoms with Crippen LogP contribution in [0.25, 0.3) is 0 Å². The van der Waals surface area contributed by atoms with Crippen LogP contribution in [-0.2, 0) is 9.53 Å². The van der Waals surface area contributed by atoms with Crippen LogP contribution in [0.1, 0.15) is 26.7 Å². The van der Waals surface area contributed by atoms with Gasteiger partial charge in [0.05, 0.1) is 19.1 Å². The summed E-state index contributed by atoms with van der Waals surface area (Å²) < 4.78 is 5.47. The Morgan fingerprint density at radius 2 is 2.17 bits per heavy atom. The Labute approximate surface area is 110 Å². The van der Waals surface area contributed by atoms with Gasteiger partial charge in [0.25, 0.3) is 0 Å². The molecule has 4 atom stereocenters. The van der Waals surface area contributed by atoms with E-state index in [-0.39, 0.29) is 17.9 Å². The number of nitrogens with zero attached hydrogens (tertiary/aromatic N) is 1. The van der Waals surface area contributed by atoms with Gasteiger partial charge >= 0.3 is 0 Å². The Hall–Kier alpha value is -0.610. The molecule has 0 aromatic heterocycles. The fraction of sp³-hybridized carbons (Fsp3) is 0.929. The molecular formula is C14H26N2O2. The predicted molar refractivity (Wildman–Crippen MR) is 71.3 cm³/mol. The van der Waals surface area contributed by atoms with Crippen LogP contribution in [0.3, 0.4) is 0 Å². The highest BCUT2D eigenvalue weighted by molar-refractivity contribution is 5.79. The van der Waals surface area contributed by atoms with Gasteiger partial charge in [-0.15, -0.1) is 0 Å². The van der Waals surface area contributed by atoms with E-state index in [1.165, 1.54) is 6.42 Å². The Kier molecular flexibility index (Phi) is 4.62. The zero-order chi connectivity index (χ0) is 13.1. The molecular weight excluding hydrogens is 228 g/mol. The Balaban J connectivity index is 1.82. The molecule has 2 aliphatic rings. The van der Waals surface area contributed by atoms with E-state index >= 15 is 0 Å². The number of ether oxygens (including phenoxy) is 1. The van der Waals surface area contributed by atoms with Gasteiger partial charge in [-0.3, -0.25) is 4.79 Å². The molecule has 1 aliphatic carbocycles. The summed E-state index contributed by atoms with van der Waals surface area (Å²) in [6.07, 6.45) is 2.36. The second-order valence-corrected chi connectivity index (χ2v) is 5.90. The molecule has 0 bridgehead atoms. The quantitative estimate of drug-likeness (QED) is 0.772. The van der Waals surface area contributed by atoms with E-state index in [1.807, 2.05) is 11.9 Å². The molecule has 4 heteroatoms. The summed E-state index contributed by atoms with van der Waals surface area (Å²) in [5, 5.41) is 3.42. The van der Waals surface area contributed by atoms with Crippen molar-refractivity contribution in [1.29, 1.82) is 0 Å². The zero-order valence-corrected chi connectivity index (χ0v) is 11.8. The molecule has 2 fully saturated rings. The number of carbonyl (C=O) groups excluding carboxylic acids is 1. The molecule has 4 nitrogen and oxygen atoms in total. The molecule has 18 heavy (non-hydrogen) atoms. The minimum Gasteiger partial charge on any atom is -0.379 e. The normalized spacial score (nSPS) is 34.6. The standard InChI is InChI=1S/C14H26N2O2/c1-4-5-15-13-9-18-8-12(13)14(17)16(3)7-11-6-10(11)2/h10-13,15H,4-9H2,1-3H3. The molecule has 1 aliphatic heterocycles. The second-order valence-electron chi connectivity index (χ2n) is 5.90. The van der Waals surface area contributed by atoms with Gasteiger partial charge in [0.15, 0.2) is 0 Å². The van der Waals surface area contributed by atoms with Crippen LogP contribution in [-0.4, -0.2) is 50.2 Å². The summed E-state index contributed by atoms with van der Waals surface area (Å²) in [7, 11) is 1.93. The first-order chi connectivity index (χ1) is 8.63. The lowest BCUT2D eigenvalue weighted by atomic mass is 10.0. The van der Waals surface area contributed by atoms with E-state index in [9.17, 15) is 4.79 Å². The number of carbonyl (C=O) groups is 1. The summed E-state index contributed by atoms with van der Waals surface area (Å²) in [5.41, 5.74) is 0. The van der Waals surface area contributed by atoms with Gasteiger partial charge in [-0.25, -0.2) is 0 Å². The lowest BCUT2D eigenvalue weighted by Gasteiger charge is -2.24. The molecule has 4 unspecified atom stereocenters. The third kappa shape index (κ3) is 3.23. The first-order valence-corrected chi connectivity index (χ1v) is 7.19. The summed E-state index contributed by atoms with van der Waals surface area (Å²) in [5.74, 6) is 1.79. The average molecular weight is 254 g/mol. The van der Waals surface area contributed by atoms with Crippen molar-refractivity contribution in [2.75, 3.05) is 33.4 Å². The third-order valence-electron chi connectivity index (χ3n) is 4.21. The average Bonchev–Trinajstić information content (AvgIpc) is 2.88. The van der Waals surface area contributed by atoms with Crippen LogP contribution < -0.4 is 5.32 Å². The van der Waals surface area contributed by atoms with Crippen LogP contribution in [0.4, 0.5) is 0 Å². The van der Waals surface area contributed by atoms with Gasteiger partial charge in [-0.1, -0.05) is 13.8 Å². The topological polar surface area (TPSA) is 41.6 Å². The van der Waals surface area contributed by atoms with Crippen molar-refractivity contribution in [1.82, 2.24) is 10.2 Å². The van der Waals surface area contributed by atoms with E-state index in [0.717, 1.165) is 31.3 Å². The predicted octanol–water partition coefficient (Wildman–Crippen LogP) is 1.12. The number of hydrogen-bond acceptors (Lipinski definition) is 3. The largest absolute Gasteiger partial charge is 0.379 e. The first-order valence-electron chi connectivity index (χ1n) is 7.19. The maximum atomic E-state index is 12.4. The van der Waals surface area contributed by atoms with Crippen molar-refractivity contribution in [3.63, 3.8) is 0 Å². The fourth-order valence-corrected chi connectivity index (χ4v) is 2.71.